The smallest absolute Gasteiger partial charge is 0.225 e. The molecule has 1 saturated heterocycles. The van der Waals surface area contributed by atoms with Crippen molar-refractivity contribution in [3.63, 3.8) is 0 Å². The number of rotatable bonds is 5. The van der Waals surface area contributed by atoms with E-state index in [0.29, 0.717) is 17.9 Å². The van der Waals surface area contributed by atoms with Gasteiger partial charge in [0.25, 0.3) is 0 Å². The van der Waals surface area contributed by atoms with Gasteiger partial charge >= 0.3 is 0 Å². The molecule has 0 radical (unpaired) electrons. The van der Waals surface area contributed by atoms with Crippen LogP contribution in [0.3, 0.4) is 0 Å². The zero-order valence-corrected chi connectivity index (χ0v) is 18.5. The molecule has 1 heterocycles. The topological polar surface area (TPSA) is 60.0 Å². The predicted octanol–water partition coefficient (Wildman–Crippen LogP) is 2.05. The van der Waals surface area contributed by atoms with Crippen LogP contribution in [-0.4, -0.2) is 74.0 Å². The van der Waals surface area contributed by atoms with E-state index in [1.165, 1.54) is 38.5 Å². The van der Waals surface area contributed by atoms with Crippen molar-refractivity contribution in [2.75, 3.05) is 46.3 Å². The molecule has 150 valence electrons. The first-order valence-electron chi connectivity index (χ1n) is 10.2. The van der Waals surface area contributed by atoms with Crippen LogP contribution in [0.5, 0.6) is 0 Å². The molecule has 6 nitrogen and oxygen atoms in total. The van der Waals surface area contributed by atoms with Crippen molar-refractivity contribution < 1.29 is 4.79 Å². The van der Waals surface area contributed by atoms with Crippen LogP contribution in [0, 0.1) is 5.92 Å². The molecule has 0 spiro atoms. The molecular formula is C19H36IN5O. The molecule has 0 atom stereocenters. The molecule has 1 aliphatic heterocycles. The number of guanidine groups is 1. The summed E-state index contributed by atoms with van der Waals surface area (Å²) in [5.41, 5.74) is 0. The second-order valence-electron chi connectivity index (χ2n) is 7.77. The third kappa shape index (κ3) is 6.25. The van der Waals surface area contributed by atoms with Crippen LogP contribution in [-0.2, 0) is 4.79 Å². The molecule has 2 saturated carbocycles. The van der Waals surface area contributed by atoms with Gasteiger partial charge in [0, 0.05) is 58.3 Å². The third-order valence-electron chi connectivity index (χ3n) is 6.03. The van der Waals surface area contributed by atoms with E-state index in [1.54, 1.807) is 0 Å². The summed E-state index contributed by atoms with van der Waals surface area (Å²) in [5, 5.41) is 7.01. The molecule has 0 aromatic carbocycles. The highest BCUT2D eigenvalue weighted by Crippen LogP contribution is 2.28. The van der Waals surface area contributed by atoms with Crippen LogP contribution in [0.4, 0.5) is 0 Å². The first kappa shape index (κ1) is 21.7. The van der Waals surface area contributed by atoms with Crippen molar-refractivity contribution in [2.45, 2.75) is 57.4 Å². The van der Waals surface area contributed by atoms with Crippen LogP contribution in [0.2, 0.25) is 0 Å². The zero-order valence-electron chi connectivity index (χ0n) is 16.2. The van der Waals surface area contributed by atoms with Gasteiger partial charge in [-0.2, -0.15) is 0 Å². The highest BCUT2D eigenvalue weighted by Gasteiger charge is 2.31. The van der Waals surface area contributed by atoms with Gasteiger partial charge in [-0.25, -0.2) is 0 Å². The lowest BCUT2D eigenvalue weighted by Crippen LogP contribution is -2.53. The molecule has 0 aromatic heterocycles. The van der Waals surface area contributed by atoms with E-state index in [0.717, 1.165) is 58.1 Å². The maximum absolute atomic E-state index is 12.3. The molecule has 1 amide bonds. The van der Waals surface area contributed by atoms with E-state index in [1.807, 2.05) is 7.05 Å². The van der Waals surface area contributed by atoms with Gasteiger partial charge in [-0.05, 0) is 25.7 Å². The fourth-order valence-corrected chi connectivity index (χ4v) is 4.07. The van der Waals surface area contributed by atoms with Crippen molar-refractivity contribution in [1.82, 2.24) is 20.4 Å². The van der Waals surface area contributed by atoms with Crippen molar-refractivity contribution in [2.24, 2.45) is 10.9 Å². The number of hydrogen-bond acceptors (Lipinski definition) is 3. The first-order valence-corrected chi connectivity index (χ1v) is 10.2. The number of aliphatic imine (C=N–C) groups is 1. The summed E-state index contributed by atoms with van der Waals surface area (Å²) in [6.45, 7) is 5.69. The van der Waals surface area contributed by atoms with Crippen LogP contribution in [0.25, 0.3) is 0 Å². The fourth-order valence-electron chi connectivity index (χ4n) is 4.07. The number of hydrogen-bond donors (Lipinski definition) is 2. The second-order valence-corrected chi connectivity index (χ2v) is 7.77. The fraction of sp³-hybridized carbons (Fsp3) is 0.895. The minimum Gasteiger partial charge on any atom is -0.355 e. The minimum atomic E-state index is 0. The molecule has 26 heavy (non-hydrogen) atoms. The summed E-state index contributed by atoms with van der Waals surface area (Å²) < 4.78 is 0. The van der Waals surface area contributed by atoms with Crippen LogP contribution >= 0.6 is 24.0 Å². The summed E-state index contributed by atoms with van der Waals surface area (Å²) in [4.78, 5) is 21.2. The Labute approximate surface area is 175 Å². The summed E-state index contributed by atoms with van der Waals surface area (Å²) in [5.74, 6) is 1.68. The number of piperazine rings is 1. The van der Waals surface area contributed by atoms with Crippen molar-refractivity contribution in [3.8, 4) is 0 Å². The number of nitrogens with one attached hydrogen (secondary N) is 2. The molecule has 0 aromatic rings. The third-order valence-corrected chi connectivity index (χ3v) is 6.03. The lowest BCUT2D eigenvalue weighted by molar-refractivity contribution is -0.139. The molecule has 3 fully saturated rings. The Kier molecular flexibility index (Phi) is 9.45. The van der Waals surface area contributed by atoms with Crippen molar-refractivity contribution >= 4 is 35.8 Å². The number of amides is 1. The van der Waals surface area contributed by atoms with E-state index in [-0.39, 0.29) is 24.0 Å². The SMILES string of the molecule is CN=C(NCCN1CCN(C(=O)C2CCC2)CC1)NC1CCCCC1.I. The molecule has 3 rings (SSSR count). The van der Waals surface area contributed by atoms with E-state index >= 15 is 0 Å². The first-order chi connectivity index (χ1) is 12.3. The molecular weight excluding hydrogens is 441 g/mol. The van der Waals surface area contributed by atoms with Crippen LogP contribution in [0.1, 0.15) is 51.4 Å². The summed E-state index contributed by atoms with van der Waals surface area (Å²) in [6, 6.07) is 0.584. The van der Waals surface area contributed by atoms with Gasteiger partial charge in [0.2, 0.25) is 5.91 Å². The Hall–Kier alpha value is -0.570. The molecule has 0 unspecified atom stereocenters. The Morgan fingerprint density at radius 2 is 1.69 bits per heavy atom. The number of halogens is 1. The number of nitrogens with zero attached hydrogens (tertiary/aromatic N) is 3. The monoisotopic (exact) mass is 477 g/mol. The minimum absolute atomic E-state index is 0. The number of carbonyl (C=O) groups is 1. The van der Waals surface area contributed by atoms with Gasteiger partial charge in [0.1, 0.15) is 0 Å². The molecule has 2 N–H and O–H groups in total. The summed E-state index contributed by atoms with van der Waals surface area (Å²) in [7, 11) is 1.85. The Morgan fingerprint density at radius 1 is 1.00 bits per heavy atom. The molecule has 7 heteroatoms. The maximum atomic E-state index is 12.3. The zero-order chi connectivity index (χ0) is 17.5. The van der Waals surface area contributed by atoms with E-state index in [4.69, 9.17) is 0 Å². The normalized spacial score (nSPS) is 23.1. The van der Waals surface area contributed by atoms with E-state index < -0.39 is 0 Å². The van der Waals surface area contributed by atoms with Gasteiger partial charge in [0.15, 0.2) is 5.96 Å². The van der Waals surface area contributed by atoms with Gasteiger partial charge in [-0.15, -0.1) is 24.0 Å². The lowest BCUT2D eigenvalue weighted by Gasteiger charge is -2.38. The van der Waals surface area contributed by atoms with Gasteiger partial charge in [-0.1, -0.05) is 25.7 Å². The average molecular weight is 477 g/mol. The van der Waals surface area contributed by atoms with Crippen molar-refractivity contribution in [3.05, 3.63) is 0 Å². The van der Waals surface area contributed by atoms with Gasteiger partial charge in [-0.3, -0.25) is 14.7 Å². The predicted molar refractivity (Wildman–Crippen MR) is 117 cm³/mol. The van der Waals surface area contributed by atoms with Gasteiger partial charge < -0.3 is 15.5 Å². The summed E-state index contributed by atoms with van der Waals surface area (Å²) >= 11 is 0. The maximum Gasteiger partial charge on any atom is 0.225 e. The lowest BCUT2D eigenvalue weighted by atomic mass is 9.84. The highest BCUT2D eigenvalue weighted by molar-refractivity contribution is 14.0. The van der Waals surface area contributed by atoms with E-state index in [9.17, 15) is 4.79 Å². The number of carbonyl (C=O) groups excluding carboxylic acids is 1. The van der Waals surface area contributed by atoms with Crippen LogP contribution < -0.4 is 10.6 Å². The van der Waals surface area contributed by atoms with Crippen molar-refractivity contribution in [1.29, 1.82) is 0 Å². The molecule has 0 bridgehead atoms. The van der Waals surface area contributed by atoms with Gasteiger partial charge in [0.05, 0.1) is 0 Å². The second kappa shape index (κ2) is 11.3. The highest BCUT2D eigenvalue weighted by atomic mass is 127. The standard InChI is InChI=1S/C19H35N5O.HI/c1-20-19(22-17-8-3-2-4-9-17)21-10-11-23-12-14-24(15-13-23)18(25)16-6-5-7-16;/h16-17H,2-15H2,1H3,(H2,20,21,22);1H. The Bertz CT molecular complexity index is 455. The molecule has 2 aliphatic carbocycles. The summed E-state index contributed by atoms with van der Waals surface area (Å²) in [6.07, 6.45) is 10.0. The van der Waals surface area contributed by atoms with E-state index in [2.05, 4.69) is 25.4 Å². The quantitative estimate of drug-likeness (QED) is 0.362. The molecule has 3 aliphatic rings. The average Bonchev–Trinajstić information content (AvgIpc) is 2.61. The Morgan fingerprint density at radius 3 is 2.27 bits per heavy atom. The Balaban J connectivity index is 0.00000243. The van der Waals surface area contributed by atoms with Crippen LogP contribution in [0.15, 0.2) is 4.99 Å². The largest absolute Gasteiger partial charge is 0.355 e.